The van der Waals surface area contributed by atoms with Crippen LogP contribution in [0.1, 0.15) is 22.3 Å². The molecule has 6 heteroatoms. The molecule has 2 heterocycles. The molecule has 1 fully saturated rings. The Morgan fingerprint density at radius 1 is 1.10 bits per heavy atom. The maximum atomic E-state index is 13.2. The molecule has 1 aliphatic heterocycles. The molecule has 160 valence electrons. The quantitative estimate of drug-likeness (QED) is 0.631. The van der Waals surface area contributed by atoms with Crippen molar-refractivity contribution in [3.63, 3.8) is 0 Å². The van der Waals surface area contributed by atoms with Crippen molar-refractivity contribution < 1.29 is 14.3 Å². The number of ether oxygens (including phenoxy) is 1. The van der Waals surface area contributed by atoms with Crippen LogP contribution in [0.2, 0.25) is 0 Å². The van der Waals surface area contributed by atoms with E-state index in [9.17, 15) is 9.59 Å². The van der Waals surface area contributed by atoms with Crippen LogP contribution in [0.4, 0.5) is 0 Å². The average Bonchev–Trinajstić information content (AvgIpc) is 3.50. The summed E-state index contributed by atoms with van der Waals surface area (Å²) in [6.45, 7) is 0.924. The van der Waals surface area contributed by atoms with Gasteiger partial charge in [0.1, 0.15) is 5.75 Å². The van der Waals surface area contributed by atoms with E-state index in [1.165, 1.54) is 10.4 Å². The zero-order chi connectivity index (χ0) is 21.8. The smallest absolute Gasteiger partial charge is 0.257 e. The predicted octanol–water partition coefficient (Wildman–Crippen LogP) is 4.24. The van der Waals surface area contributed by atoms with Gasteiger partial charge >= 0.3 is 0 Å². The number of nitrogens with zero attached hydrogens (tertiary/aromatic N) is 1. The predicted molar refractivity (Wildman–Crippen MR) is 123 cm³/mol. The van der Waals surface area contributed by atoms with Crippen LogP contribution in [0.3, 0.4) is 0 Å². The number of benzene rings is 2. The largest absolute Gasteiger partial charge is 0.496 e. The number of nitrogens with one attached hydrogen (secondary N) is 1. The Hall–Kier alpha value is -3.12. The highest BCUT2D eigenvalue weighted by Crippen LogP contribution is 2.37. The fraction of sp³-hybridized carbons (Fsp3) is 0.280. The summed E-state index contributed by atoms with van der Waals surface area (Å²) in [5.41, 5.74) is 2.15. The van der Waals surface area contributed by atoms with Crippen molar-refractivity contribution in [2.75, 3.05) is 27.2 Å². The zero-order valence-corrected chi connectivity index (χ0v) is 18.6. The molecule has 2 aromatic carbocycles. The molecule has 1 aliphatic rings. The fourth-order valence-electron chi connectivity index (χ4n) is 4.33. The molecule has 0 radical (unpaired) electrons. The van der Waals surface area contributed by atoms with Gasteiger partial charge in [-0.25, -0.2) is 0 Å². The summed E-state index contributed by atoms with van der Waals surface area (Å²) in [5, 5.41) is 4.89. The van der Waals surface area contributed by atoms with Gasteiger partial charge in [-0.15, -0.1) is 11.3 Å². The normalized spacial score (nSPS) is 18.1. The zero-order valence-electron chi connectivity index (χ0n) is 17.8. The number of para-hydroxylation sites is 1. The van der Waals surface area contributed by atoms with Gasteiger partial charge in [0.05, 0.1) is 18.1 Å². The monoisotopic (exact) mass is 434 g/mol. The molecule has 2 amide bonds. The highest BCUT2D eigenvalue weighted by molar-refractivity contribution is 7.13. The summed E-state index contributed by atoms with van der Waals surface area (Å²) < 4.78 is 5.36. The summed E-state index contributed by atoms with van der Waals surface area (Å²) in [6, 6.07) is 19.7. The standard InChI is InChI=1S/C25H26N2O3S/c1-26-24(29)25(16-18-9-11-19(12-10-18)22-8-5-15-31-22)13-14-27(17-25)23(28)20-6-3-4-7-21(20)30-2/h3-12,15H,13-14,16-17H2,1-2H3,(H,26,29)/t25-/m1/s1. The van der Waals surface area contributed by atoms with Crippen molar-refractivity contribution >= 4 is 23.2 Å². The van der Waals surface area contributed by atoms with Crippen LogP contribution >= 0.6 is 11.3 Å². The molecule has 0 spiro atoms. The Morgan fingerprint density at radius 2 is 1.87 bits per heavy atom. The number of amides is 2. The number of thiophene rings is 1. The highest BCUT2D eigenvalue weighted by atomic mass is 32.1. The third kappa shape index (κ3) is 4.21. The second-order valence-electron chi connectivity index (χ2n) is 7.89. The van der Waals surface area contributed by atoms with Crippen molar-refractivity contribution in [1.29, 1.82) is 0 Å². The van der Waals surface area contributed by atoms with Crippen LogP contribution in [-0.2, 0) is 11.2 Å². The molecule has 0 unspecified atom stereocenters. The highest BCUT2D eigenvalue weighted by Gasteiger charge is 2.45. The Balaban J connectivity index is 1.55. The van der Waals surface area contributed by atoms with Gasteiger partial charge < -0.3 is 15.0 Å². The molecule has 0 saturated carbocycles. The van der Waals surface area contributed by atoms with Gasteiger partial charge in [0.2, 0.25) is 5.91 Å². The molecule has 5 nitrogen and oxygen atoms in total. The van der Waals surface area contributed by atoms with Gasteiger partial charge in [-0.2, -0.15) is 0 Å². The van der Waals surface area contributed by atoms with Gasteiger partial charge in [-0.1, -0.05) is 42.5 Å². The molecule has 0 bridgehead atoms. The lowest BCUT2D eigenvalue weighted by atomic mass is 9.79. The van der Waals surface area contributed by atoms with Crippen LogP contribution in [0.15, 0.2) is 66.0 Å². The Bertz CT molecular complexity index is 1060. The maximum absolute atomic E-state index is 13.2. The van der Waals surface area contributed by atoms with E-state index in [-0.39, 0.29) is 11.8 Å². The van der Waals surface area contributed by atoms with Gasteiger partial charge in [-0.3, -0.25) is 9.59 Å². The van der Waals surface area contributed by atoms with Crippen molar-refractivity contribution in [2.45, 2.75) is 12.8 Å². The lowest BCUT2D eigenvalue weighted by molar-refractivity contribution is -0.129. The van der Waals surface area contributed by atoms with E-state index in [0.29, 0.717) is 37.2 Å². The minimum atomic E-state index is -0.642. The van der Waals surface area contributed by atoms with E-state index in [4.69, 9.17) is 4.74 Å². The number of methoxy groups -OCH3 is 1. The summed E-state index contributed by atoms with van der Waals surface area (Å²) >= 11 is 1.71. The Kier molecular flexibility index (Phi) is 6.09. The first-order valence-electron chi connectivity index (χ1n) is 10.3. The van der Waals surface area contributed by atoms with E-state index >= 15 is 0 Å². The number of rotatable bonds is 6. The molecule has 0 aliphatic carbocycles. The van der Waals surface area contributed by atoms with Crippen molar-refractivity contribution in [2.24, 2.45) is 5.41 Å². The number of hydrogen-bond donors (Lipinski definition) is 1. The number of carbonyl (C=O) groups excluding carboxylic acids is 2. The number of likely N-dealkylation sites (tertiary alicyclic amines) is 1. The minimum absolute atomic E-state index is 0.0230. The maximum Gasteiger partial charge on any atom is 0.257 e. The second kappa shape index (κ2) is 8.94. The summed E-state index contributed by atoms with van der Waals surface area (Å²) in [6.07, 6.45) is 1.22. The Labute approximate surface area is 186 Å². The topological polar surface area (TPSA) is 58.6 Å². The van der Waals surface area contributed by atoms with Crippen molar-refractivity contribution in [3.05, 3.63) is 77.2 Å². The van der Waals surface area contributed by atoms with Crippen molar-refractivity contribution in [3.8, 4) is 16.2 Å². The minimum Gasteiger partial charge on any atom is -0.496 e. The van der Waals surface area contributed by atoms with E-state index in [1.807, 2.05) is 18.2 Å². The number of hydrogen-bond acceptors (Lipinski definition) is 4. The first-order valence-corrected chi connectivity index (χ1v) is 11.2. The molecule has 1 saturated heterocycles. The van der Waals surface area contributed by atoms with Gasteiger partial charge in [0.25, 0.3) is 5.91 Å². The van der Waals surface area contributed by atoms with E-state index in [1.54, 1.807) is 42.5 Å². The molecule has 31 heavy (non-hydrogen) atoms. The third-order valence-electron chi connectivity index (χ3n) is 5.99. The van der Waals surface area contributed by atoms with E-state index in [2.05, 4.69) is 41.0 Å². The lowest BCUT2D eigenvalue weighted by Crippen LogP contribution is -2.44. The first-order chi connectivity index (χ1) is 15.1. The summed E-state index contributed by atoms with van der Waals surface area (Å²) in [5.74, 6) is 0.426. The third-order valence-corrected chi connectivity index (χ3v) is 6.91. The van der Waals surface area contributed by atoms with Crippen LogP contribution in [0.5, 0.6) is 5.75 Å². The van der Waals surface area contributed by atoms with Crippen LogP contribution < -0.4 is 10.1 Å². The number of carbonyl (C=O) groups is 2. The molecular weight excluding hydrogens is 408 g/mol. The van der Waals surface area contributed by atoms with Gasteiger partial charge in [-0.05, 0) is 47.5 Å². The van der Waals surface area contributed by atoms with Crippen LogP contribution in [-0.4, -0.2) is 44.0 Å². The van der Waals surface area contributed by atoms with Gasteiger partial charge in [0, 0.05) is 25.0 Å². The SMILES string of the molecule is CNC(=O)[C@@]1(Cc2ccc(-c3cccs3)cc2)CCN(C(=O)c2ccccc2OC)C1. The molecule has 1 atom stereocenters. The Morgan fingerprint density at radius 3 is 2.55 bits per heavy atom. The molecule has 3 aromatic rings. The molecular formula is C25H26N2O3S. The summed E-state index contributed by atoms with van der Waals surface area (Å²) in [7, 11) is 3.22. The van der Waals surface area contributed by atoms with E-state index in [0.717, 1.165) is 5.56 Å². The van der Waals surface area contributed by atoms with Gasteiger partial charge in [0.15, 0.2) is 0 Å². The lowest BCUT2D eigenvalue weighted by Gasteiger charge is -2.28. The van der Waals surface area contributed by atoms with Crippen LogP contribution in [0, 0.1) is 5.41 Å². The molecule has 1 aromatic heterocycles. The molecule has 1 N–H and O–H groups in total. The van der Waals surface area contributed by atoms with Crippen molar-refractivity contribution in [1.82, 2.24) is 10.2 Å². The second-order valence-corrected chi connectivity index (χ2v) is 8.84. The molecule has 4 rings (SSSR count). The first kappa shape index (κ1) is 21.1. The van der Waals surface area contributed by atoms with Crippen LogP contribution in [0.25, 0.3) is 10.4 Å². The summed E-state index contributed by atoms with van der Waals surface area (Å²) in [4.78, 5) is 29.1. The van der Waals surface area contributed by atoms with E-state index < -0.39 is 5.41 Å². The fourth-order valence-corrected chi connectivity index (χ4v) is 5.07. The average molecular weight is 435 g/mol.